The Labute approximate surface area is 104 Å². The Balaban J connectivity index is 1.89. The molecule has 1 saturated carbocycles. The van der Waals surface area contributed by atoms with Crippen molar-refractivity contribution in [3.63, 3.8) is 0 Å². The van der Waals surface area contributed by atoms with Gasteiger partial charge >= 0.3 is 0 Å². The van der Waals surface area contributed by atoms with E-state index in [0.29, 0.717) is 6.10 Å². The van der Waals surface area contributed by atoms with E-state index in [1.54, 1.807) is 0 Å². The van der Waals surface area contributed by atoms with Gasteiger partial charge in [-0.2, -0.15) is 0 Å². The highest BCUT2D eigenvalue weighted by Crippen LogP contribution is 2.39. The molecule has 2 heteroatoms. The van der Waals surface area contributed by atoms with Gasteiger partial charge in [0.25, 0.3) is 0 Å². The molecule has 0 bridgehead atoms. The summed E-state index contributed by atoms with van der Waals surface area (Å²) in [6, 6.07) is 10.7. The molecule has 0 radical (unpaired) electrons. The van der Waals surface area contributed by atoms with Gasteiger partial charge in [-0.15, -0.1) is 0 Å². The van der Waals surface area contributed by atoms with E-state index in [4.69, 9.17) is 4.74 Å². The van der Waals surface area contributed by atoms with Gasteiger partial charge in [-0.1, -0.05) is 43.7 Å². The van der Waals surface area contributed by atoms with Crippen molar-refractivity contribution in [1.82, 2.24) is 5.32 Å². The number of ether oxygens (including phenoxy) is 1. The van der Waals surface area contributed by atoms with Gasteiger partial charge in [0, 0.05) is 6.54 Å². The summed E-state index contributed by atoms with van der Waals surface area (Å²) < 4.78 is 6.07. The molecular weight excluding hydrogens is 210 g/mol. The molecule has 0 heterocycles. The first-order valence-corrected chi connectivity index (χ1v) is 6.79. The Morgan fingerprint density at radius 2 is 2.06 bits per heavy atom. The second-order valence-corrected chi connectivity index (χ2v) is 4.75. The van der Waals surface area contributed by atoms with Crippen molar-refractivity contribution in [1.29, 1.82) is 0 Å². The second-order valence-electron chi connectivity index (χ2n) is 4.75. The van der Waals surface area contributed by atoms with Crippen LogP contribution in [0.4, 0.5) is 0 Å². The lowest BCUT2D eigenvalue weighted by molar-refractivity contribution is -0.0139. The third-order valence-electron chi connectivity index (χ3n) is 3.53. The number of rotatable bonds is 7. The van der Waals surface area contributed by atoms with E-state index in [9.17, 15) is 0 Å². The standard InChI is InChI=1S/C15H23NO/c1-2-16-11-12-17-15(14-9-6-10-14)13-7-4-3-5-8-13/h3-5,7-8,14-16H,2,6,9-12H2,1H3. The molecule has 0 saturated heterocycles. The van der Waals surface area contributed by atoms with E-state index in [2.05, 4.69) is 42.6 Å². The van der Waals surface area contributed by atoms with Gasteiger partial charge in [-0.3, -0.25) is 0 Å². The number of likely N-dealkylation sites (N-methyl/N-ethyl adjacent to an activating group) is 1. The third kappa shape index (κ3) is 3.55. The predicted molar refractivity (Wildman–Crippen MR) is 71.0 cm³/mol. The molecule has 1 aromatic rings. The minimum Gasteiger partial charge on any atom is -0.372 e. The van der Waals surface area contributed by atoms with Gasteiger partial charge in [0.15, 0.2) is 0 Å². The van der Waals surface area contributed by atoms with Crippen molar-refractivity contribution in [2.24, 2.45) is 5.92 Å². The number of nitrogens with one attached hydrogen (secondary N) is 1. The third-order valence-corrected chi connectivity index (χ3v) is 3.53. The lowest BCUT2D eigenvalue weighted by Crippen LogP contribution is -2.26. The summed E-state index contributed by atoms with van der Waals surface area (Å²) in [5.74, 6) is 0.735. The summed E-state index contributed by atoms with van der Waals surface area (Å²) >= 11 is 0. The average Bonchev–Trinajstić information content (AvgIpc) is 2.32. The smallest absolute Gasteiger partial charge is 0.0853 e. The fourth-order valence-corrected chi connectivity index (χ4v) is 2.32. The Morgan fingerprint density at radius 3 is 2.65 bits per heavy atom. The molecule has 0 spiro atoms. The Morgan fingerprint density at radius 1 is 1.29 bits per heavy atom. The quantitative estimate of drug-likeness (QED) is 0.730. The fourth-order valence-electron chi connectivity index (χ4n) is 2.32. The highest BCUT2D eigenvalue weighted by molar-refractivity contribution is 5.18. The topological polar surface area (TPSA) is 21.3 Å². The molecule has 1 aliphatic carbocycles. The van der Waals surface area contributed by atoms with Crippen LogP contribution in [0.2, 0.25) is 0 Å². The van der Waals surface area contributed by atoms with E-state index in [0.717, 1.165) is 25.6 Å². The van der Waals surface area contributed by atoms with Gasteiger partial charge in [0.05, 0.1) is 12.7 Å². The van der Waals surface area contributed by atoms with Crippen molar-refractivity contribution in [2.45, 2.75) is 32.3 Å². The first-order valence-electron chi connectivity index (χ1n) is 6.79. The highest BCUT2D eigenvalue weighted by atomic mass is 16.5. The van der Waals surface area contributed by atoms with Gasteiger partial charge in [-0.05, 0) is 30.9 Å². The summed E-state index contributed by atoms with van der Waals surface area (Å²) in [7, 11) is 0. The van der Waals surface area contributed by atoms with Crippen molar-refractivity contribution < 1.29 is 4.74 Å². The maximum Gasteiger partial charge on any atom is 0.0853 e. The van der Waals surface area contributed by atoms with E-state index >= 15 is 0 Å². The van der Waals surface area contributed by atoms with Crippen molar-refractivity contribution in [3.8, 4) is 0 Å². The molecule has 1 atom stereocenters. The average molecular weight is 233 g/mol. The molecule has 1 N–H and O–H groups in total. The second kappa shape index (κ2) is 6.77. The van der Waals surface area contributed by atoms with Gasteiger partial charge < -0.3 is 10.1 Å². The maximum atomic E-state index is 6.07. The molecule has 2 rings (SSSR count). The summed E-state index contributed by atoms with van der Waals surface area (Å²) in [5, 5.41) is 3.31. The Bertz CT molecular complexity index is 308. The van der Waals surface area contributed by atoms with Crippen LogP contribution in [0.15, 0.2) is 30.3 Å². The molecule has 94 valence electrons. The van der Waals surface area contributed by atoms with Crippen LogP contribution in [0, 0.1) is 5.92 Å². The summed E-state index contributed by atoms with van der Waals surface area (Å²) in [6.45, 7) is 4.90. The molecule has 2 nitrogen and oxygen atoms in total. The van der Waals surface area contributed by atoms with Gasteiger partial charge in [0.2, 0.25) is 0 Å². The predicted octanol–water partition coefficient (Wildman–Crippen LogP) is 3.15. The maximum absolute atomic E-state index is 6.07. The van der Waals surface area contributed by atoms with E-state index in [1.807, 2.05) is 0 Å². The lowest BCUT2D eigenvalue weighted by atomic mass is 9.78. The lowest BCUT2D eigenvalue weighted by Gasteiger charge is -2.34. The molecule has 17 heavy (non-hydrogen) atoms. The highest BCUT2D eigenvalue weighted by Gasteiger charge is 2.28. The van der Waals surface area contributed by atoms with Crippen LogP contribution < -0.4 is 5.32 Å². The van der Waals surface area contributed by atoms with E-state index in [1.165, 1.54) is 24.8 Å². The molecule has 1 unspecified atom stereocenters. The van der Waals surface area contributed by atoms with Crippen LogP contribution in [-0.4, -0.2) is 19.7 Å². The zero-order valence-corrected chi connectivity index (χ0v) is 10.7. The monoisotopic (exact) mass is 233 g/mol. The number of hydrogen-bond donors (Lipinski definition) is 1. The first kappa shape index (κ1) is 12.6. The van der Waals surface area contributed by atoms with Crippen LogP contribution in [0.3, 0.4) is 0 Å². The molecule has 0 aromatic heterocycles. The minimum absolute atomic E-state index is 0.309. The van der Waals surface area contributed by atoms with Crippen molar-refractivity contribution in [2.75, 3.05) is 19.7 Å². The first-order chi connectivity index (χ1) is 8.42. The molecule has 1 aromatic carbocycles. The van der Waals surface area contributed by atoms with Gasteiger partial charge in [-0.25, -0.2) is 0 Å². The zero-order chi connectivity index (χ0) is 11.9. The normalized spacial score (nSPS) is 17.7. The van der Waals surface area contributed by atoms with Crippen LogP contribution in [0.25, 0.3) is 0 Å². The Kier molecular flexibility index (Phi) is 5.02. The van der Waals surface area contributed by atoms with Crippen LogP contribution in [0.5, 0.6) is 0 Å². The molecule has 0 amide bonds. The van der Waals surface area contributed by atoms with E-state index < -0.39 is 0 Å². The van der Waals surface area contributed by atoms with Gasteiger partial charge in [0.1, 0.15) is 0 Å². The fraction of sp³-hybridized carbons (Fsp3) is 0.600. The minimum atomic E-state index is 0.309. The van der Waals surface area contributed by atoms with Crippen molar-refractivity contribution in [3.05, 3.63) is 35.9 Å². The zero-order valence-electron chi connectivity index (χ0n) is 10.7. The summed E-state index contributed by atoms with van der Waals surface area (Å²) in [6.07, 6.45) is 4.31. The molecular formula is C15H23NO. The van der Waals surface area contributed by atoms with Crippen molar-refractivity contribution >= 4 is 0 Å². The van der Waals surface area contributed by atoms with Crippen LogP contribution >= 0.6 is 0 Å². The summed E-state index contributed by atoms with van der Waals surface area (Å²) in [5.41, 5.74) is 1.34. The van der Waals surface area contributed by atoms with Crippen LogP contribution in [0.1, 0.15) is 37.9 Å². The molecule has 0 aliphatic heterocycles. The largest absolute Gasteiger partial charge is 0.372 e. The number of hydrogen-bond acceptors (Lipinski definition) is 2. The number of benzene rings is 1. The Hall–Kier alpha value is -0.860. The SMILES string of the molecule is CCNCCOC(c1ccccc1)C1CCC1. The molecule has 1 aliphatic rings. The van der Waals surface area contributed by atoms with E-state index in [-0.39, 0.29) is 0 Å². The molecule has 1 fully saturated rings. The summed E-state index contributed by atoms with van der Waals surface area (Å²) in [4.78, 5) is 0. The van der Waals surface area contributed by atoms with Crippen LogP contribution in [-0.2, 0) is 4.74 Å².